The zero-order chi connectivity index (χ0) is 64.1. The first-order valence-electron chi connectivity index (χ1n) is 31.6. The Bertz CT molecular complexity index is 4260. The molecule has 13 rings (SSSR count). The van der Waals surface area contributed by atoms with Gasteiger partial charge in [0, 0.05) is 24.2 Å². The van der Waals surface area contributed by atoms with E-state index < -0.39 is 5.41 Å². The van der Waals surface area contributed by atoms with Gasteiger partial charge in [-0.1, -0.05) is 316 Å². The Hall–Kier alpha value is -10.7. The minimum absolute atomic E-state index is 0.160. The number of terminal acetylenes is 1. The first-order valence-corrected chi connectivity index (χ1v) is 31.6. The monoisotopic (exact) mass is 1190 g/mol. The summed E-state index contributed by atoms with van der Waals surface area (Å²) in [5.74, 6) is 4.34. The highest BCUT2D eigenvalue weighted by molar-refractivity contribution is 6.00. The summed E-state index contributed by atoms with van der Waals surface area (Å²) in [7, 11) is 1.64. The normalized spacial score (nSPS) is 14.4. The van der Waals surface area contributed by atoms with Crippen LogP contribution in [0.5, 0.6) is 0 Å². The number of allylic oxidation sites excluding steroid dienone is 6. The van der Waals surface area contributed by atoms with E-state index in [1.807, 2.05) is 44.2 Å². The molecule has 5 nitrogen and oxygen atoms in total. The Labute approximate surface area is 541 Å². The summed E-state index contributed by atoms with van der Waals surface area (Å²) in [6.45, 7) is 15.7. The van der Waals surface area contributed by atoms with Gasteiger partial charge in [-0.25, -0.2) is 0 Å². The van der Waals surface area contributed by atoms with Gasteiger partial charge < -0.3 is 16.0 Å². The van der Waals surface area contributed by atoms with Gasteiger partial charge in [0.1, 0.15) is 11.7 Å². The number of nitrogens with one attached hydrogen (secondary N) is 2. The first kappa shape index (κ1) is 64.8. The number of nitrogens with zero attached hydrogens (tertiary/aromatic N) is 2. The number of rotatable bonds is 12. The third kappa shape index (κ3) is 15.3. The van der Waals surface area contributed by atoms with Crippen LogP contribution in [0.25, 0.3) is 55.7 Å². The van der Waals surface area contributed by atoms with Crippen molar-refractivity contribution in [3.63, 3.8) is 0 Å². The Morgan fingerprint density at radius 3 is 1.49 bits per heavy atom. The average molecular weight is 1190 g/mol. The van der Waals surface area contributed by atoms with E-state index in [2.05, 4.69) is 305 Å². The van der Waals surface area contributed by atoms with Gasteiger partial charge in [0.25, 0.3) is 0 Å². The number of aliphatic imine (C=N–C) groups is 2. The van der Waals surface area contributed by atoms with Crippen molar-refractivity contribution in [1.29, 1.82) is 5.41 Å². The van der Waals surface area contributed by atoms with Crippen LogP contribution in [0.3, 0.4) is 0 Å². The molecule has 91 heavy (non-hydrogen) atoms. The fourth-order valence-corrected chi connectivity index (χ4v) is 12.1. The third-order valence-corrected chi connectivity index (χ3v) is 16.4. The van der Waals surface area contributed by atoms with E-state index in [1.54, 1.807) is 7.05 Å². The maximum Gasteiger partial charge on any atom is 0.129 e. The van der Waals surface area contributed by atoms with Crippen molar-refractivity contribution in [3.05, 3.63) is 346 Å². The smallest absolute Gasteiger partial charge is 0.129 e. The lowest BCUT2D eigenvalue weighted by atomic mass is 9.69. The molecule has 10 aromatic rings. The minimum atomic E-state index is -0.548. The van der Waals surface area contributed by atoms with Gasteiger partial charge in [0.2, 0.25) is 0 Å². The quantitative estimate of drug-likeness (QED) is 0.0647. The van der Waals surface area contributed by atoms with Gasteiger partial charge >= 0.3 is 0 Å². The zero-order valence-electron chi connectivity index (χ0n) is 53.7. The van der Waals surface area contributed by atoms with Crippen LogP contribution in [-0.2, 0) is 5.41 Å². The molecule has 3 aliphatic carbocycles. The second kappa shape index (κ2) is 31.5. The molecule has 1 spiro atoms. The van der Waals surface area contributed by atoms with Crippen LogP contribution >= 0.6 is 0 Å². The number of aryl methyl sites for hydroxylation is 2. The third-order valence-electron chi connectivity index (χ3n) is 16.4. The molecule has 0 aliphatic heterocycles. The maximum atomic E-state index is 7.34. The van der Waals surface area contributed by atoms with E-state index >= 15 is 0 Å². The van der Waals surface area contributed by atoms with Crippen LogP contribution in [0.2, 0.25) is 0 Å². The Morgan fingerprint density at radius 2 is 1.00 bits per heavy atom. The lowest BCUT2D eigenvalue weighted by molar-refractivity contribution is 0.698. The van der Waals surface area contributed by atoms with Gasteiger partial charge in [-0.2, -0.15) is 0 Å². The van der Waals surface area contributed by atoms with Gasteiger partial charge in [-0.15, -0.1) is 6.42 Å². The Morgan fingerprint density at radius 1 is 0.560 bits per heavy atom. The SMILES string of the molecule is C#CC1=C(/C=C\CC(N=C(NC(C)C)c2ccc(-c3ccccc3)cc2)c2ccc(-c3ccccc3)cc2)c2ccccc2C12c1ccccc1-c1ccc(C)cc12.C=NC.CC.Cc1ccc(-c2ccccc2)cc1.N=C(N)C1=CC=C(c2ccccc2)CC1. The number of amidine groups is 2. The number of nitrogens with two attached hydrogens (primary N) is 1. The van der Waals surface area contributed by atoms with Gasteiger partial charge in [-0.3, -0.25) is 10.4 Å². The van der Waals surface area contributed by atoms with Crippen LogP contribution in [0, 0.1) is 31.6 Å². The van der Waals surface area contributed by atoms with Crippen LogP contribution in [0.15, 0.2) is 306 Å². The summed E-state index contributed by atoms with van der Waals surface area (Å²) in [6, 6.07) is 92.5. The summed E-state index contributed by atoms with van der Waals surface area (Å²) >= 11 is 0. The number of fused-ring (bicyclic) bond motifs is 7. The van der Waals surface area contributed by atoms with Crippen molar-refractivity contribution in [3.8, 4) is 56.9 Å². The molecule has 10 aromatic carbocycles. The molecular formula is C86H83N5. The highest BCUT2D eigenvalue weighted by atomic mass is 15.0. The van der Waals surface area contributed by atoms with Gasteiger partial charge in [0.05, 0.1) is 11.5 Å². The fourth-order valence-electron chi connectivity index (χ4n) is 12.1. The van der Waals surface area contributed by atoms with E-state index in [9.17, 15) is 0 Å². The van der Waals surface area contributed by atoms with E-state index in [0.717, 1.165) is 46.5 Å². The molecule has 3 aliphatic rings. The van der Waals surface area contributed by atoms with Crippen molar-refractivity contribution in [2.24, 2.45) is 15.7 Å². The molecule has 2 atom stereocenters. The molecule has 0 fully saturated rings. The van der Waals surface area contributed by atoms with E-state index in [4.69, 9.17) is 22.6 Å². The van der Waals surface area contributed by atoms with E-state index in [1.165, 1.54) is 89.0 Å². The molecule has 0 aromatic heterocycles. The first-order chi connectivity index (χ1) is 44.5. The standard InChI is InChI=1S/C56H46N2.C13H14N2.C13H12.C2H5N.C2H6/c1-5-50-46(47-21-12-14-24-51(47)56(50)52-25-15-13-22-48(52)49-36-27-39(4)37-53(49)56)23-16-26-54(44-32-28-42(29-33-44)40-17-8-6-9-18-40)58-55(57-38(2)3)45-34-30-43(31-35-45)41-19-10-7-11-20-41;14-13(15)12-8-6-11(7-9-12)10-4-2-1-3-5-10;1-11-7-9-13(10-8-11)12-5-3-2-4-6-12;1-3-2;1-2/h1,6-25,27-38,54H,26H2,2-4H3,(H,57,58);1-6,8H,7,9H2,(H3,14,15);2-10H,1H3;1H2,2H3;1-2H3/b23-16-;;;;. The van der Waals surface area contributed by atoms with Crippen molar-refractivity contribution in [2.45, 2.75) is 78.3 Å². The zero-order valence-corrected chi connectivity index (χ0v) is 53.7. The van der Waals surface area contributed by atoms with Crippen LogP contribution in [0.4, 0.5) is 0 Å². The van der Waals surface area contributed by atoms with Gasteiger partial charge in [0.15, 0.2) is 0 Å². The van der Waals surface area contributed by atoms with E-state index in [-0.39, 0.29) is 17.9 Å². The summed E-state index contributed by atoms with van der Waals surface area (Å²) in [5, 5.41) is 11.0. The average Bonchev–Trinajstić information content (AvgIpc) is 1.52. The van der Waals surface area contributed by atoms with Crippen molar-refractivity contribution >= 4 is 29.5 Å². The summed E-state index contributed by atoms with van der Waals surface area (Å²) < 4.78 is 0. The predicted octanol–water partition coefficient (Wildman–Crippen LogP) is 20.9. The topological polar surface area (TPSA) is 86.6 Å². The number of benzene rings is 10. The molecule has 0 radical (unpaired) electrons. The lowest BCUT2D eigenvalue weighted by Crippen LogP contribution is -2.31. The Balaban J connectivity index is 0.000000240. The van der Waals surface area contributed by atoms with Gasteiger partial charge in [-0.05, 0) is 148 Å². The molecular weight excluding hydrogens is 1100 g/mol. The van der Waals surface area contributed by atoms with Crippen molar-refractivity contribution < 1.29 is 0 Å². The summed E-state index contributed by atoms with van der Waals surface area (Å²) in [5.41, 5.74) is 30.0. The van der Waals surface area contributed by atoms with E-state index in [0.29, 0.717) is 6.42 Å². The van der Waals surface area contributed by atoms with Crippen LogP contribution in [0.1, 0.15) is 103 Å². The molecule has 0 amide bonds. The highest BCUT2D eigenvalue weighted by Gasteiger charge is 2.52. The summed E-state index contributed by atoms with van der Waals surface area (Å²) in [4.78, 5) is 8.80. The predicted molar refractivity (Wildman–Crippen MR) is 391 cm³/mol. The fraction of sp³-hybridized carbons (Fsp3) is 0.151. The van der Waals surface area contributed by atoms with Crippen molar-refractivity contribution in [2.75, 3.05) is 7.05 Å². The molecule has 2 unspecified atom stereocenters. The molecule has 0 saturated heterocycles. The molecule has 0 heterocycles. The maximum absolute atomic E-state index is 7.34. The summed E-state index contributed by atoms with van der Waals surface area (Å²) in [6.07, 6.45) is 17.7. The number of hydrogen-bond acceptors (Lipinski definition) is 3. The molecule has 0 bridgehead atoms. The van der Waals surface area contributed by atoms with Crippen LogP contribution < -0.4 is 11.1 Å². The van der Waals surface area contributed by atoms with Crippen LogP contribution in [-0.4, -0.2) is 31.5 Å². The Kier molecular flexibility index (Phi) is 22.4. The number of hydrogen-bond donors (Lipinski definition) is 3. The second-order valence-electron chi connectivity index (χ2n) is 22.9. The molecule has 4 N–H and O–H groups in total. The second-order valence-corrected chi connectivity index (χ2v) is 22.9. The lowest BCUT2D eigenvalue weighted by Gasteiger charge is -2.30. The molecule has 5 heteroatoms. The largest absolute Gasteiger partial charge is 0.384 e. The highest BCUT2D eigenvalue weighted by Crippen LogP contribution is 2.62. The van der Waals surface area contributed by atoms with Crippen molar-refractivity contribution in [1.82, 2.24) is 5.32 Å². The molecule has 452 valence electrons. The molecule has 0 saturated carbocycles. The minimum Gasteiger partial charge on any atom is -0.384 e.